The largest absolute Gasteiger partial charge is 0.486 e. The van der Waals surface area contributed by atoms with E-state index >= 15 is 0 Å². The predicted octanol–water partition coefficient (Wildman–Crippen LogP) is 3.99. The monoisotopic (exact) mass is 252 g/mol. The SMILES string of the molecule is Cc1ccc(F)c(OCc2cc(F)cc(F)c2)c1. The van der Waals surface area contributed by atoms with Crippen molar-refractivity contribution in [3.63, 3.8) is 0 Å². The van der Waals surface area contributed by atoms with Crippen molar-refractivity contribution in [2.75, 3.05) is 0 Å². The Labute approximate surface area is 103 Å². The van der Waals surface area contributed by atoms with Gasteiger partial charge in [0.25, 0.3) is 0 Å². The number of hydrogen-bond acceptors (Lipinski definition) is 1. The fourth-order valence-corrected chi connectivity index (χ4v) is 1.58. The van der Waals surface area contributed by atoms with Crippen molar-refractivity contribution in [1.29, 1.82) is 0 Å². The molecule has 2 rings (SSSR count). The third kappa shape index (κ3) is 3.03. The molecule has 94 valence electrons. The molecule has 0 saturated carbocycles. The minimum atomic E-state index is -0.682. The van der Waals surface area contributed by atoms with Gasteiger partial charge in [-0.25, -0.2) is 13.2 Å². The first-order chi connectivity index (χ1) is 8.54. The third-order valence-electron chi connectivity index (χ3n) is 2.40. The van der Waals surface area contributed by atoms with Crippen molar-refractivity contribution < 1.29 is 17.9 Å². The molecular weight excluding hydrogens is 241 g/mol. The average molecular weight is 252 g/mol. The van der Waals surface area contributed by atoms with Gasteiger partial charge in [0.2, 0.25) is 0 Å². The lowest BCUT2D eigenvalue weighted by atomic mass is 10.2. The van der Waals surface area contributed by atoms with Gasteiger partial charge in [0, 0.05) is 6.07 Å². The molecule has 0 saturated heterocycles. The summed E-state index contributed by atoms with van der Waals surface area (Å²) in [5.74, 6) is -1.80. The van der Waals surface area contributed by atoms with Crippen LogP contribution in [0.4, 0.5) is 13.2 Å². The molecule has 4 heteroatoms. The number of hydrogen-bond donors (Lipinski definition) is 0. The number of halogens is 3. The average Bonchev–Trinajstić information content (AvgIpc) is 2.29. The summed E-state index contributed by atoms with van der Waals surface area (Å²) in [6.45, 7) is 1.71. The predicted molar refractivity (Wildman–Crippen MR) is 61.8 cm³/mol. The first-order valence-corrected chi connectivity index (χ1v) is 5.38. The van der Waals surface area contributed by atoms with E-state index in [0.29, 0.717) is 5.56 Å². The molecule has 0 aliphatic heterocycles. The van der Waals surface area contributed by atoms with Crippen molar-refractivity contribution in [2.45, 2.75) is 13.5 Å². The first kappa shape index (κ1) is 12.5. The van der Waals surface area contributed by atoms with Gasteiger partial charge in [-0.15, -0.1) is 0 Å². The highest BCUT2D eigenvalue weighted by molar-refractivity contribution is 5.30. The molecule has 0 unspecified atom stereocenters. The minimum Gasteiger partial charge on any atom is -0.486 e. The second-order valence-corrected chi connectivity index (χ2v) is 4.00. The molecule has 0 atom stereocenters. The van der Waals surface area contributed by atoms with E-state index in [9.17, 15) is 13.2 Å². The van der Waals surface area contributed by atoms with E-state index in [1.807, 2.05) is 0 Å². The third-order valence-corrected chi connectivity index (χ3v) is 2.40. The molecule has 0 radical (unpaired) electrons. The summed E-state index contributed by atoms with van der Waals surface area (Å²) in [4.78, 5) is 0. The molecule has 0 aromatic heterocycles. The highest BCUT2D eigenvalue weighted by Crippen LogP contribution is 2.20. The fourth-order valence-electron chi connectivity index (χ4n) is 1.58. The van der Waals surface area contributed by atoms with Crippen molar-refractivity contribution in [3.8, 4) is 5.75 Å². The molecule has 0 bridgehead atoms. The van der Waals surface area contributed by atoms with Crippen molar-refractivity contribution in [3.05, 3.63) is 65.0 Å². The van der Waals surface area contributed by atoms with E-state index in [-0.39, 0.29) is 12.4 Å². The van der Waals surface area contributed by atoms with Gasteiger partial charge < -0.3 is 4.74 Å². The maximum Gasteiger partial charge on any atom is 0.165 e. The molecular formula is C14H11F3O. The van der Waals surface area contributed by atoms with E-state index in [4.69, 9.17) is 4.74 Å². The van der Waals surface area contributed by atoms with Gasteiger partial charge in [-0.1, -0.05) is 6.07 Å². The number of benzene rings is 2. The van der Waals surface area contributed by atoms with Gasteiger partial charge in [0.1, 0.15) is 18.2 Å². The minimum absolute atomic E-state index is 0.0691. The summed E-state index contributed by atoms with van der Waals surface area (Å²) in [5.41, 5.74) is 1.16. The Bertz CT molecular complexity index is 547. The molecule has 2 aromatic rings. The molecule has 0 aliphatic carbocycles. The first-order valence-electron chi connectivity index (χ1n) is 5.38. The van der Waals surface area contributed by atoms with E-state index in [0.717, 1.165) is 23.8 Å². The smallest absolute Gasteiger partial charge is 0.165 e. The van der Waals surface area contributed by atoms with Crippen LogP contribution in [0.25, 0.3) is 0 Å². The van der Waals surface area contributed by atoms with Gasteiger partial charge in [0.15, 0.2) is 11.6 Å². The van der Waals surface area contributed by atoms with Crippen molar-refractivity contribution >= 4 is 0 Å². The molecule has 0 N–H and O–H groups in total. The van der Waals surface area contributed by atoms with Crippen molar-refractivity contribution in [2.24, 2.45) is 0 Å². The van der Waals surface area contributed by atoms with Crippen LogP contribution in [0, 0.1) is 24.4 Å². The van der Waals surface area contributed by atoms with Crippen LogP contribution in [0.5, 0.6) is 5.75 Å². The Morgan fingerprint density at radius 1 is 0.944 bits per heavy atom. The Kier molecular flexibility index (Phi) is 3.55. The summed E-state index contributed by atoms with van der Waals surface area (Å²) in [7, 11) is 0. The molecule has 0 amide bonds. The number of ether oxygens (including phenoxy) is 1. The van der Waals surface area contributed by atoms with Gasteiger partial charge >= 0.3 is 0 Å². The lowest BCUT2D eigenvalue weighted by Crippen LogP contribution is -1.99. The van der Waals surface area contributed by atoms with E-state index in [2.05, 4.69) is 0 Å². The summed E-state index contributed by atoms with van der Waals surface area (Å²) in [6.07, 6.45) is 0. The Morgan fingerprint density at radius 2 is 1.61 bits per heavy atom. The van der Waals surface area contributed by atoms with Gasteiger partial charge in [-0.2, -0.15) is 0 Å². The second-order valence-electron chi connectivity index (χ2n) is 4.00. The highest BCUT2D eigenvalue weighted by atomic mass is 19.1. The maximum absolute atomic E-state index is 13.4. The molecule has 0 spiro atoms. The lowest BCUT2D eigenvalue weighted by Gasteiger charge is -2.08. The highest BCUT2D eigenvalue weighted by Gasteiger charge is 2.05. The zero-order chi connectivity index (χ0) is 13.1. The Hall–Kier alpha value is -1.97. The lowest BCUT2D eigenvalue weighted by molar-refractivity contribution is 0.289. The van der Waals surface area contributed by atoms with Crippen LogP contribution in [0.3, 0.4) is 0 Å². The molecule has 0 fully saturated rings. The van der Waals surface area contributed by atoms with E-state index in [1.54, 1.807) is 13.0 Å². The Balaban J connectivity index is 2.13. The molecule has 2 aromatic carbocycles. The van der Waals surface area contributed by atoms with Crippen LogP contribution >= 0.6 is 0 Å². The zero-order valence-electron chi connectivity index (χ0n) is 9.71. The Morgan fingerprint density at radius 3 is 2.28 bits per heavy atom. The summed E-state index contributed by atoms with van der Waals surface area (Å²) >= 11 is 0. The molecule has 18 heavy (non-hydrogen) atoms. The molecule has 0 heterocycles. The van der Waals surface area contributed by atoms with Crippen molar-refractivity contribution in [1.82, 2.24) is 0 Å². The molecule has 1 nitrogen and oxygen atoms in total. The van der Waals surface area contributed by atoms with Gasteiger partial charge in [0.05, 0.1) is 0 Å². The molecule has 0 aliphatic rings. The zero-order valence-corrected chi connectivity index (χ0v) is 9.71. The topological polar surface area (TPSA) is 9.23 Å². The summed E-state index contributed by atoms with van der Waals surface area (Å²) in [6, 6.07) is 7.51. The van der Waals surface area contributed by atoms with E-state index < -0.39 is 17.5 Å². The fraction of sp³-hybridized carbons (Fsp3) is 0.143. The van der Waals surface area contributed by atoms with Crippen LogP contribution in [-0.4, -0.2) is 0 Å². The van der Waals surface area contributed by atoms with Crippen LogP contribution in [0.15, 0.2) is 36.4 Å². The number of rotatable bonds is 3. The van der Waals surface area contributed by atoms with Gasteiger partial charge in [-0.3, -0.25) is 0 Å². The van der Waals surface area contributed by atoms with Crippen LogP contribution in [0.1, 0.15) is 11.1 Å². The van der Waals surface area contributed by atoms with Crippen LogP contribution < -0.4 is 4.74 Å². The second kappa shape index (κ2) is 5.12. The number of aryl methyl sites for hydroxylation is 1. The normalized spacial score (nSPS) is 10.4. The van der Waals surface area contributed by atoms with E-state index in [1.165, 1.54) is 12.1 Å². The summed E-state index contributed by atoms with van der Waals surface area (Å²) in [5, 5.41) is 0. The van der Waals surface area contributed by atoms with Gasteiger partial charge in [-0.05, 0) is 42.3 Å². The maximum atomic E-state index is 13.4. The van der Waals surface area contributed by atoms with Crippen LogP contribution in [-0.2, 0) is 6.61 Å². The quantitative estimate of drug-likeness (QED) is 0.802. The summed E-state index contributed by atoms with van der Waals surface area (Å²) < 4.78 is 44.4. The van der Waals surface area contributed by atoms with Crippen LogP contribution in [0.2, 0.25) is 0 Å². The standard InChI is InChI=1S/C14H11F3O/c1-9-2-3-13(17)14(4-9)18-8-10-5-11(15)7-12(16)6-10/h2-7H,8H2,1H3.